The molecule has 6 unspecified atom stereocenters. The maximum atomic E-state index is 5.71. The zero-order valence-electron chi connectivity index (χ0n) is 81.7. The highest BCUT2D eigenvalue weighted by atomic mass is 28.4. The Morgan fingerprint density at radius 3 is 0.545 bits per heavy atom. The molecule has 0 aromatic heterocycles. The molecule has 0 bridgehead atoms. The van der Waals surface area contributed by atoms with Crippen LogP contribution < -0.4 is 0 Å². The zero-order chi connectivity index (χ0) is 92.0. The van der Waals surface area contributed by atoms with E-state index in [0.29, 0.717) is 40.4 Å². The van der Waals surface area contributed by atoms with Crippen LogP contribution in [0.3, 0.4) is 0 Å². The summed E-state index contributed by atoms with van der Waals surface area (Å²) in [5.41, 5.74) is 0. The second-order valence-corrected chi connectivity index (χ2v) is 77.4. The topological polar surface area (TPSA) is 309 Å². The van der Waals surface area contributed by atoms with Crippen molar-refractivity contribution < 1.29 is 141 Å². The second kappa shape index (κ2) is 61.4. The van der Waals surface area contributed by atoms with Gasteiger partial charge in [0, 0.05) is 68.6 Å². The zero-order valence-corrected chi connectivity index (χ0v) is 91.7. The molecule has 6 atom stereocenters. The van der Waals surface area contributed by atoms with Crippen LogP contribution in [0.1, 0.15) is 102 Å². The molecule has 10 heterocycles. The molecule has 0 radical (unpaired) electrons. The van der Waals surface area contributed by atoms with E-state index in [0.717, 1.165) is 147 Å². The molecule has 10 aliphatic heterocycles. The van der Waals surface area contributed by atoms with Crippen LogP contribution >= 0.6 is 0 Å². The Morgan fingerprint density at radius 1 is 0.215 bits per heavy atom. The summed E-state index contributed by atoms with van der Waals surface area (Å²) in [6.07, 6.45) is 12.9. The molecule has 50 heteroatoms. The van der Waals surface area contributed by atoms with Gasteiger partial charge in [0.15, 0.2) is 27.2 Å². The summed E-state index contributed by atoms with van der Waals surface area (Å²) in [6.45, 7) is 74.6. The highest BCUT2D eigenvalue weighted by Gasteiger charge is 2.40. The molecule has 0 aromatic carbocycles. The number of hydroxylamine groups is 20. The highest BCUT2D eigenvalue weighted by molar-refractivity contribution is 6.74. The molecule has 0 aromatic rings. The number of rotatable bonds is 35. The van der Waals surface area contributed by atoms with E-state index in [1.54, 1.807) is 66.9 Å². The average molecular weight is 1930 g/mol. The van der Waals surface area contributed by atoms with Crippen LogP contribution in [0.5, 0.6) is 0 Å². The van der Waals surface area contributed by atoms with Gasteiger partial charge in [0.05, 0.1) is 101 Å². The van der Waals surface area contributed by atoms with E-state index < -0.39 is 83.2 Å². The molecular weight excluding hydrogens is 1750 g/mol. The first-order valence-corrected chi connectivity index (χ1v) is 74.0. The fraction of sp³-hybridized carbons (Fsp3) is 1.00. The van der Waals surface area contributed by atoms with E-state index in [-0.39, 0.29) is 36.6 Å². The number of hydrogen-bond donors (Lipinski definition) is 0. The summed E-state index contributed by atoms with van der Waals surface area (Å²) in [4.78, 5) is 105. The van der Waals surface area contributed by atoms with Crippen LogP contribution in [-0.2, 0) is 141 Å². The van der Waals surface area contributed by atoms with Gasteiger partial charge in [0.2, 0.25) is 83.2 Å². The van der Waals surface area contributed by atoms with Crippen LogP contribution in [0.15, 0.2) is 0 Å². The van der Waals surface area contributed by atoms with Crippen molar-refractivity contribution in [1.82, 2.24) is 52.3 Å². The molecule has 121 heavy (non-hydrogen) atoms. The first-order chi connectivity index (χ1) is 56.3. The minimum absolute atomic E-state index is 0.140. The number of nitrogens with zero attached hydrogens (tertiary/aromatic N) is 10. The van der Waals surface area contributed by atoms with Gasteiger partial charge in [-0.1, -0.05) is 52.3 Å². The van der Waals surface area contributed by atoms with Gasteiger partial charge in [-0.05, 0) is 233 Å². The fourth-order valence-electron chi connectivity index (χ4n) is 10.2. The molecule has 0 aliphatic carbocycles. The summed E-state index contributed by atoms with van der Waals surface area (Å²) in [7, 11) is -7.23. The lowest BCUT2D eigenvalue weighted by Crippen LogP contribution is -2.50. The normalized spacial score (nSPS) is 23.9. The largest absolute Gasteiger partial charge is 0.419 e. The summed E-state index contributed by atoms with van der Waals surface area (Å²) in [5, 5.41) is 15.5. The molecule has 40 nitrogen and oxygen atoms in total. The molecule has 726 valence electrons. The van der Waals surface area contributed by atoms with Gasteiger partial charge in [-0.2, -0.15) is 0 Å². The van der Waals surface area contributed by atoms with Crippen molar-refractivity contribution in [3.63, 3.8) is 0 Å². The van der Waals surface area contributed by atoms with Gasteiger partial charge in [-0.25, -0.2) is 38.7 Å². The molecular formula is C71H172N10O30Si10. The predicted octanol–water partition coefficient (Wildman–Crippen LogP) is 11.2. The SMILES string of the molecule is CCO[Si](C)(C)CN1OC(C)C(C)O1.CCO[Si](C)(C)CN1OCC(C)O1.CCO[Si](C)(C)CN1OCCCCO1.CCO[Si](C)(C)CN1OCO1.CCO[Si](C)(C)CN1OCO1.CO[Si](C)(C)CN1OC(C)C(C)O1.CO[Si](C)(C)CN1OCC(C)O1.CO[Si](C)(C)CN1OCCCCO1.CO[Si](C)(C)CN1OCO1.CO[Si](C)(C)CN1OCO1. The molecule has 0 N–H and O–H groups in total. The summed E-state index contributed by atoms with van der Waals surface area (Å²) in [5.74, 6) is 0. The Labute approximate surface area is 738 Å². The van der Waals surface area contributed by atoms with Gasteiger partial charge in [0.1, 0.15) is 36.6 Å². The minimum atomic E-state index is -1.65. The maximum absolute atomic E-state index is 5.71. The van der Waals surface area contributed by atoms with Gasteiger partial charge in [-0.15, -0.1) is 0 Å². The Morgan fingerprint density at radius 2 is 0.380 bits per heavy atom. The van der Waals surface area contributed by atoms with Crippen LogP contribution in [-0.4, -0.2) is 369 Å². The van der Waals surface area contributed by atoms with E-state index in [9.17, 15) is 0 Å². The van der Waals surface area contributed by atoms with Crippen molar-refractivity contribution in [2.45, 2.75) is 269 Å². The molecule has 0 spiro atoms. The molecule has 0 saturated carbocycles. The number of hydrogen-bond acceptors (Lipinski definition) is 40. The Hall–Kier alpha value is 0.569. The maximum Gasteiger partial charge on any atom is 0.205 e. The van der Waals surface area contributed by atoms with Crippen molar-refractivity contribution in [3.8, 4) is 0 Å². The summed E-state index contributed by atoms with van der Waals surface area (Å²) in [6, 6.07) is 0. The Kier molecular flexibility index (Phi) is 60.7. The molecule has 10 saturated heterocycles. The van der Waals surface area contributed by atoms with E-state index in [4.69, 9.17) is 141 Å². The molecule has 10 aliphatic rings. The summed E-state index contributed by atoms with van der Waals surface area (Å²) < 4.78 is 55.0. The van der Waals surface area contributed by atoms with Crippen LogP contribution in [0.2, 0.25) is 131 Å². The van der Waals surface area contributed by atoms with Crippen molar-refractivity contribution in [1.29, 1.82) is 0 Å². The van der Waals surface area contributed by atoms with Gasteiger partial charge in [0.25, 0.3) is 0 Å². The standard InChI is InChI=1S/2C9H21NO3Si.3C8H19NO3Si.C7H17NO3Si.2C6H15NO3Si.2C5H13NO3Si/c1-6-11-14(4,5)7-10-12-8(2)9(3)13-10;1-4-13-14(2,3)9-10-11-7-5-6-8-12-10;1-7-8(2)12-9(11-7)6-13(4,5)10-3;1-10-13(2,3)8-9-11-6-4-5-7-12-9;1-5-11-13(3,4)7-9-10-6-8(2)12-9;1-7-5-10-8(11-7)6-12(3,4)9-2;2*1-4-10-11(2,3)5-7-8-6-9-7;2*1-7-10(2,3)4-6-8-5-9-6/h8-9H,6-7H2,1-5H3;4-9H2,1-3H3;7-8H,6H2,1-5H3;4-8H2,1-3H3;8H,5-7H2,1-4H3;7H,5-6H2,1-4H3;2*4-6H2,1-3H3;2*4-5H2,1-3H3. The minimum Gasteiger partial charge on any atom is -0.419 e. The lowest BCUT2D eigenvalue weighted by atomic mass is 10.3. The van der Waals surface area contributed by atoms with Crippen molar-refractivity contribution >= 4 is 83.2 Å². The third-order valence-corrected chi connectivity index (χ3v) is 39.2. The smallest absolute Gasteiger partial charge is 0.205 e. The van der Waals surface area contributed by atoms with Crippen molar-refractivity contribution in [2.75, 3.05) is 197 Å². The first-order valence-electron chi connectivity index (χ1n) is 42.8. The third kappa shape index (κ3) is 59.0. The van der Waals surface area contributed by atoms with E-state index in [2.05, 4.69) is 131 Å². The van der Waals surface area contributed by atoms with Gasteiger partial charge in [-0.3, -0.25) is 58.1 Å². The van der Waals surface area contributed by atoms with Crippen LogP contribution in [0.4, 0.5) is 0 Å². The highest BCUT2D eigenvalue weighted by Crippen LogP contribution is 2.24. The third-order valence-electron chi connectivity index (χ3n) is 18.1. The fourth-order valence-corrected chi connectivity index (χ4v) is 23.1. The van der Waals surface area contributed by atoms with Gasteiger partial charge >= 0.3 is 0 Å². The van der Waals surface area contributed by atoms with Crippen LogP contribution in [0.25, 0.3) is 0 Å². The predicted molar refractivity (Wildman–Crippen MR) is 481 cm³/mol. The van der Waals surface area contributed by atoms with E-state index in [1.165, 1.54) is 20.9 Å². The Bertz CT molecular complexity index is 2470. The monoisotopic (exact) mass is 1920 g/mol. The van der Waals surface area contributed by atoms with E-state index in [1.807, 2.05) is 76.2 Å². The van der Waals surface area contributed by atoms with Crippen molar-refractivity contribution in [2.24, 2.45) is 0 Å². The Balaban J connectivity index is 0.000000673. The molecule has 10 rings (SSSR count). The second-order valence-electron chi connectivity index (χ2n) is 35.6. The average Bonchev–Trinajstić information content (AvgIpc) is 1.69. The van der Waals surface area contributed by atoms with Crippen LogP contribution in [0, 0.1) is 0 Å². The van der Waals surface area contributed by atoms with Crippen molar-refractivity contribution in [3.05, 3.63) is 0 Å². The lowest BCUT2D eigenvalue weighted by molar-refractivity contribution is -0.513. The quantitative estimate of drug-likeness (QED) is 0.0532. The lowest BCUT2D eigenvalue weighted by Gasteiger charge is -2.33. The first kappa shape index (κ1) is 120. The molecule has 0 amide bonds. The van der Waals surface area contributed by atoms with Gasteiger partial charge < -0.3 is 44.3 Å². The summed E-state index contributed by atoms with van der Waals surface area (Å²) >= 11 is 0. The van der Waals surface area contributed by atoms with E-state index >= 15 is 0 Å². The molecule has 10 fully saturated rings.